The number of rotatable bonds is 3. The molecule has 0 aliphatic heterocycles. The summed E-state index contributed by atoms with van der Waals surface area (Å²) in [6.07, 6.45) is -1.60. The fraction of sp³-hybridized carbons (Fsp3) is 0.500. The average Bonchev–Trinajstić information content (AvgIpc) is 2.14. The van der Waals surface area contributed by atoms with Gasteiger partial charge in [0.2, 0.25) is 6.17 Å². The highest BCUT2D eigenvalue weighted by Gasteiger charge is 2.49. The second kappa shape index (κ2) is 4.00. The monoisotopic (exact) mass is 212 g/mol. The summed E-state index contributed by atoms with van der Waals surface area (Å²) in [7, 11) is 0. The molecule has 0 aromatic heterocycles. The maximum absolute atomic E-state index is 12.9. The normalized spacial score (nSPS) is 25.4. The fourth-order valence-corrected chi connectivity index (χ4v) is 0.935. The first kappa shape index (κ1) is 11.0. The van der Waals surface area contributed by atoms with E-state index >= 15 is 0 Å². The minimum atomic E-state index is -4.18. The van der Waals surface area contributed by atoms with E-state index in [1.165, 1.54) is 0 Å². The zero-order valence-electron chi connectivity index (χ0n) is 7.01. The van der Waals surface area contributed by atoms with Crippen molar-refractivity contribution in [3.8, 4) is 0 Å². The van der Waals surface area contributed by atoms with Gasteiger partial charge in [0.05, 0.1) is 6.61 Å². The molecule has 1 unspecified atom stereocenters. The number of aliphatic hydroxyl groups excluding tert-OH is 1. The van der Waals surface area contributed by atoms with Crippen LogP contribution in [0, 0.1) is 0 Å². The van der Waals surface area contributed by atoms with Crippen molar-refractivity contribution in [1.82, 2.24) is 0 Å². The SMILES string of the molecule is OCCOC1=CC=C(F)C(F)(F)C1F. The highest BCUT2D eigenvalue weighted by atomic mass is 19.3. The number of hydrogen-bond acceptors (Lipinski definition) is 2. The summed E-state index contributed by atoms with van der Waals surface area (Å²) in [6, 6.07) is 0. The van der Waals surface area contributed by atoms with Gasteiger partial charge in [-0.1, -0.05) is 0 Å². The number of halogens is 4. The molecule has 0 amide bonds. The first-order valence-corrected chi connectivity index (χ1v) is 3.83. The first-order valence-electron chi connectivity index (χ1n) is 3.83. The van der Waals surface area contributed by atoms with Crippen molar-refractivity contribution in [2.45, 2.75) is 12.1 Å². The molecular weight excluding hydrogens is 204 g/mol. The third-order valence-corrected chi connectivity index (χ3v) is 1.64. The van der Waals surface area contributed by atoms with Crippen LogP contribution in [0.1, 0.15) is 0 Å². The Kier molecular flexibility index (Phi) is 3.15. The molecule has 0 saturated heterocycles. The molecule has 1 N–H and O–H groups in total. The van der Waals surface area contributed by atoms with Gasteiger partial charge in [-0.05, 0) is 12.2 Å². The van der Waals surface area contributed by atoms with Gasteiger partial charge < -0.3 is 9.84 Å². The van der Waals surface area contributed by atoms with Crippen LogP contribution < -0.4 is 0 Å². The molecule has 14 heavy (non-hydrogen) atoms. The Morgan fingerprint density at radius 3 is 2.64 bits per heavy atom. The van der Waals surface area contributed by atoms with Crippen molar-refractivity contribution in [2.75, 3.05) is 13.2 Å². The maximum Gasteiger partial charge on any atom is 0.336 e. The van der Waals surface area contributed by atoms with Crippen molar-refractivity contribution in [3.05, 3.63) is 23.7 Å². The second-order valence-electron chi connectivity index (χ2n) is 2.64. The number of alkyl halides is 3. The van der Waals surface area contributed by atoms with Crippen LogP contribution in [-0.2, 0) is 4.74 Å². The van der Waals surface area contributed by atoms with Crippen LogP contribution in [0.4, 0.5) is 17.6 Å². The highest BCUT2D eigenvalue weighted by molar-refractivity contribution is 5.28. The van der Waals surface area contributed by atoms with Crippen molar-refractivity contribution in [2.24, 2.45) is 0 Å². The van der Waals surface area contributed by atoms with Crippen molar-refractivity contribution < 1.29 is 27.4 Å². The van der Waals surface area contributed by atoms with Gasteiger partial charge in [0.15, 0.2) is 5.83 Å². The summed E-state index contributed by atoms with van der Waals surface area (Å²) < 4.78 is 55.1. The molecule has 0 aromatic rings. The van der Waals surface area contributed by atoms with E-state index in [2.05, 4.69) is 4.74 Å². The maximum atomic E-state index is 12.9. The summed E-state index contributed by atoms with van der Waals surface area (Å²) in [6.45, 7) is -0.736. The predicted molar refractivity (Wildman–Crippen MR) is 40.2 cm³/mol. The second-order valence-corrected chi connectivity index (χ2v) is 2.64. The summed E-state index contributed by atoms with van der Waals surface area (Å²) in [5.41, 5.74) is 0. The Labute approximate surface area is 77.5 Å². The smallest absolute Gasteiger partial charge is 0.336 e. The molecule has 0 radical (unpaired) electrons. The van der Waals surface area contributed by atoms with Crippen LogP contribution in [0.15, 0.2) is 23.7 Å². The molecular formula is C8H8F4O2. The Balaban J connectivity index is 2.79. The summed E-state index contributed by atoms with van der Waals surface area (Å²) in [4.78, 5) is 0. The van der Waals surface area contributed by atoms with E-state index in [9.17, 15) is 17.6 Å². The number of ether oxygens (including phenoxy) is 1. The summed E-state index contributed by atoms with van der Waals surface area (Å²) in [5, 5.41) is 8.31. The molecule has 0 heterocycles. The zero-order valence-corrected chi connectivity index (χ0v) is 7.01. The minimum absolute atomic E-state index is 0.308. The Morgan fingerprint density at radius 1 is 1.43 bits per heavy atom. The first-order chi connectivity index (χ1) is 6.50. The Bertz CT molecular complexity index is 273. The largest absolute Gasteiger partial charge is 0.492 e. The van der Waals surface area contributed by atoms with Crippen LogP contribution in [0.25, 0.3) is 0 Å². The van der Waals surface area contributed by atoms with E-state index in [0.29, 0.717) is 6.08 Å². The molecule has 1 aliphatic carbocycles. The van der Waals surface area contributed by atoms with E-state index in [1.807, 2.05) is 0 Å². The Morgan fingerprint density at radius 2 is 2.07 bits per heavy atom. The van der Waals surface area contributed by atoms with Crippen LogP contribution >= 0.6 is 0 Å². The molecule has 6 heteroatoms. The number of allylic oxidation sites excluding steroid dienone is 4. The standard InChI is InChI=1S/C8H8F4O2/c9-6-2-1-5(14-4-3-13)7(10)8(6,11)12/h1-2,7,13H,3-4H2. The molecule has 0 spiro atoms. The fourth-order valence-electron chi connectivity index (χ4n) is 0.935. The van der Waals surface area contributed by atoms with Gasteiger partial charge in [-0.25, -0.2) is 8.78 Å². The molecule has 1 aliphatic rings. The van der Waals surface area contributed by atoms with E-state index in [-0.39, 0.29) is 6.61 Å². The lowest BCUT2D eigenvalue weighted by Gasteiger charge is -2.24. The highest BCUT2D eigenvalue weighted by Crippen LogP contribution is 2.38. The van der Waals surface area contributed by atoms with Gasteiger partial charge in [0.25, 0.3) is 0 Å². The quantitative estimate of drug-likeness (QED) is 0.722. The van der Waals surface area contributed by atoms with Crippen LogP contribution in [0.5, 0.6) is 0 Å². The lowest BCUT2D eigenvalue weighted by molar-refractivity contribution is -0.0644. The summed E-state index contributed by atoms with van der Waals surface area (Å²) in [5.74, 6) is -6.69. The summed E-state index contributed by atoms with van der Waals surface area (Å²) >= 11 is 0. The molecule has 1 atom stereocenters. The molecule has 0 bridgehead atoms. The lowest BCUT2D eigenvalue weighted by Crippen LogP contribution is -2.35. The molecule has 0 fully saturated rings. The third-order valence-electron chi connectivity index (χ3n) is 1.64. The van der Waals surface area contributed by atoms with Crippen LogP contribution in [0.2, 0.25) is 0 Å². The molecule has 2 nitrogen and oxygen atoms in total. The van der Waals surface area contributed by atoms with Crippen LogP contribution in [0.3, 0.4) is 0 Å². The van der Waals surface area contributed by atoms with Crippen molar-refractivity contribution >= 4 is 0 Å². The van der Waals surface area contributed by atoms with Gasteiger partial charge in [-0.2, -0.15) is 8.78 Å². The van der Waals surface area contributed by atoms with E-state index < -0.39 is 30.3 Å². The third kappa shape index (κ3) is 1.89. The predicted octanol–water partition coefficient (Wildman–Crippen LogP) is 1.72. The number of aliphatic hydroxyl groups is 1. The molecule has 1 rings (SSSR count). The van der Waals surface area contributed by atoms with E-state index in [0.717, 1.165) is 6.08 Å². The molecule has 0 aromatic carbocycles. The van der Waals surface area contributed by atoms with Gasteiger partial charge in [-0.3, -0.25) is 0 Å². The van der Waals surface area contributed by atoms with E-state index in [1.54, 1.807) is 0 Å². The van der Waals surface area contributed by atoms with Crippen LogP contribution in [-0.4, -0.2) is 30.4 Å². The van der Waals surface area contributed by atoms with Crippen molar-refractivity contribution in [1.29, 1.82) is 0 Å². The lowest BCUT2D eigenvalue weighted by atomic mass is 10.1. The van der Waals surface area contributed by atoms with Crippen molar-refractivity contribution in [3.63, 3.8) is 0 Å². The molecule has 0 saturated carbocycles. The van der Waals surface area contributed by atoms with E-state index in [4.69, 9.17) is 5.11 Å². The van der Waals surface area contributed by atoms with Gasteiger partial charge in [0, 0.05) is 0 Å². The Hall–Kier alpha value is -1.04. The molecule has 80 valence electrons. The topological polar surface area (TPSA) is 29.5 Å². The van der Waals surface area contributed by atoms with Gasteiger partial charge >= 0.3 is 5.92 Å². The number of hydrogen-bond donors (Lipinski definition) is 1. The average molecular weight is 212 g/mol. The van der Waals surface area contributed by atoms with Gasteiger partial charge in [0.1, 0.15) is 12.4 Å². The zero-order chi connectivity index (χ0) is 10.8. The minimum Gasteiger partial charge on any atom is -0.492 e. The van der Waals surface area contributed by atoms with Gasteiger partial charge in [-0.15, -0.1) is 0 Å².